The summed E-state index contributed by atoms with van der Waals surface area (Å²) in [5, 5.41) is 10.6. The summed E-state index contributed by atoms with van der Waals surface area (Å²) in [6, 6.07) is 3.54. The molecule has 2 amide bonds. The number of benzene rings is 1. The van der Waals surface area contributed by atoms with Crippen molar-refractivity contribution in [3.05, 3.63) is 41.2 Å². The summed E-state index contributed by atoms with van der Waals surface area (Å²) in [5.41, 5.74) is -0.155. The minimum absolute atomic E-state index is 0.0293. The number of fused-ring (bicyclic) bond motifs is 1. The maximum atomic E-state index is 14.5. The molecule has 1 unspecified atom stereocenters. The number of rotatable bonds is 3. The van der Waals surface area contributed by atoms with Crippen molar-refractivity contribution in [1.82, 2.24) is 25.0 Å². The van der Waals surface area contributed by atoms with Gasteiger partial charge in [0.2, 0.25) is 5.91 Å². The number of hydrogen-bond donors (Lipinski definition) is 1. The summed E-state index contributed by atoms with van der Waals surface area (Å²) in [5.74, 6) is -0.516. The fraction of sp³-hybridized carbons (Fsp3) is 0.375. The van der Waals surface area contributed by atoms with Crippen LogP contribution in [0.2, 0.25) is 0 Å². The quantitative estimate of drug-likeness (QED) is 0.874. The normalized spacial score (nSPS) is 16.3. The summed E-state index contributed by atoms with van der Waals surface area (Å²) in [7, 11) is 2.82. The van der Waals surface area contributed by atoms with E-state index in [1.807, 2.05) is 0 Å². The highest BCUT2D eigenvalue weighted by molar-refractivity contribution is 5.98. The van der Waals surface area contributed by atoms with E-state index in [0.29, 0.717) is 11.6 Å². The third-order valence-electron chi connectivity index (χ3n) is 4.28. The molecule has 9 heteroatoms. The molecule has 132 valence electrons. The van der Waals surface area contributed by atoms with Crippen molar-refractivity contribution in [2.75, 3.05) is 14.2 Å². The van der Waals surface area contributed by atoms with Crippen molar-refractivity contribution >= 4 is 11.8 Å². The number of carbonyl (C=O) groups is 2. The molecule has 3 rings (SSSR count). The largest absolute Gasteiger partial charge is 0.494 e. The van der Waals surface area contributed by atoms with Gasteiger partial charge in [-0.25, -0.2) is 4.39 Å². The van der Waals surface area contributed by atoms with E-state index >= 15 is 0 Å². The number of aryl methyl sites for hydroxylation is 1. The van der Waals surface area contributed by atoms with Crippen LogP contribution < -0.4 is 10.1 Å². The van der Waals surface area contributed by atoms with Gasteiger partial charge < -0.3 is 19.5 Å². The van der Waals surface area contributed by atoms with Gasteiger partial charge in [-0.2, -0.15) is 0 Å². The first-order chi connectivity index (χ1) is 12.0. The zero-order valence-electron chi connectivity index (χ0n) is 14.1. The van der Waals surface area contributed by atoms with Crippen molar-refractivity contribution in [2.45, 2.75) is 26.1 Å². The Bertz CT molecular complexity index is 835. The van der Waals surface area contributed by atoms with Crippen LogP contribution in [0.4, 0.5) is 4.39 Å². The van der Waals surface area contributed by atoms with E-state index in [2.05, 4.69) is 15.5 Å². The number of ether oxygens (including phenoxy) is 1. The van der Waals surface area contributed by atoms with Gasteiger partial charge in [-0.1, -0.05) is 6.07 Å². The number of carbonyl (C=O) groups excluding carboxylic acids is 2. The second-order valence-electron chi connectivity index (χ2n) is 5.66. The standard InChI is InChI=1S/C16H18FN5O3/c1-9-19-20-13-8-22(11(7-21(9)13)15(23)18-2)16(24)10-5-4-6-12(25-3)14(10)17/h4-6,11H,7-8H2,1-3H3,(H,18,23). The Morgan fingerprint density at radius 2 is 2.12 bits per heavy atom. The maximum Gasteiger partial charge on any atom is 0.258 e. The summed E-state index contributed by atoms with van der Waals surface area (Å²) in [4.78, 5) is 26.5. The SMILES string of the molecule is CNC(=O)C1Cn2c(C)nnc2CN1C(=O)c1cccc(OC)c1F. The summed E-state index contributed by atoms with van der Waals surface area (Å²) >= 11 is 0. The molecule has 0 bridgehead atoms. The van der Waals surface area contributed by atoms with Crippen LogP contribution in [-0.4, -0.2) is 51.7 Å². The van der Waals surface area contributed by atoms with Crippen molar-refractivity contribution < 1.29 is 18.7 Å². The minimum Gasteiger partial charge on any atom is -0.494 e. The van der Waals surface area contributed by atoms with Crippen molar-refractivity contribution in [3.63, 3.8) is 0 Å². The molecule has 2 heterocycles. The van der Waals surface area contributed by atoms with Gasteiger partial charge in [-0.3, -0.25) is 9.59 Å². The predicted molar refractivity (Wildman–Crippen MR) is 85.4 cm³/mol. The molecule has 1 atom stereocenters. The van der Waals surface area contributed by atoms with Crippen molar-refractivity contribution in [1.29, 1.82) is 0 Å². The van der Waals surface area contributed by atoms with E-state index in [0.717, 1.165) is 0 Å². The number of methoxy groups -OCH3 is 1. The first kappa shape index (κ1) is 16.9. The molecule has 0 fully saturated rings. The van der Waals surface area contributed by atoms with Crippen LogP contribution in [0.5, 0.6) is 5.75 Å². The molecule has 1 aromatic heterocycles. The number of aromatic nitrogens is 3. The average Bonchev–Trinajstić information content (AvgIpc) is 3.00. The molecule has 0 spiro atoms. The van der Waals surface area contributed by atoms with Crippen molar-refractivity contribution in [3.8, 4) is 5.75 Å². The van der Waals surface area contributed by atoms with E-state index in [-0.39, 0.29) is 30.3 Å². The third kappa shape index (κ3) is 2.81. The lowest BCUT2D eigenvalue weighted by atomic mass is 10.1. The number of amides is 2. The average molecular weight is 347 g/mol. The summed E-state index contributed by atoms with van der Waals surface area (Å²) in [6.07, 6.45) is 0. The molecular weight excluding hydrogens is 329 g/mol. The van der Waals surface area contributed by atoms with E-state index < -0.39 is 17.8 Å². The molecular formula is C16H18FN5O3. The highest BCUT2D eigenvalue weighted by atomic mass is 19.1. The number of halogens is 1. The van der Waals surface area contributed by atoms with Crippen LogP contribution in [0.15, 0.2) is 18.2 Å². The molecule has 1 N–H and O–H groups in total. The Kier molecular flexibility index (Phi) is 4.39. The van der Waals surface area contributed by atoms with Gasteiger partial charge in [0.15, 0.2) is 17.4 Å². The lowest BCUT2D eigenvalue weighted by Crippen LogP contribution is -2.53. The molecule has 1 aliphatic rings. The van der Waals surface area contributed by atoms with Gasteiger partial charge in [0, 0.05) is 7.05 Å². The molecule has 0 saturated carbocycles. The van der Waals surface area contributed by atoms with Crippen LogP contribution in [0.1, 0.15) is 22.0 Å². The van der Waals surface area contributed by atoms with Gasteiger partial charge in [0.25, 0.3) is 5.91 Å². The van der Waals surface area contributed by atoms with Gasteiger partial charge in [-0.05, 0) is 19.1 Å². The molecule has 0 radical (unpaired) electrons. The van der Waals surface area contributed by atoms with Gasteiger partial charge in [-0.15, -0.1) is 10.2 Å². The highest BCUT2D eigenvalue weighted by Crippen LogP contribution is 2.25. The van der Waals surface area contributed by atoms with Crippen LogP contribution in [0, 0.1) is 12.7 Å². The fourth-order valence-corrected chi connectivity index (χ4v) is 2.91. The van der Waals surface area contributed by atoms with E-state index in [9.17, 15) is 14.0 Å². The van der Waals surface area contributed by atoms with Gasteiger partial charge in [0.1, 0.15) is 11.9 Å². The lowest BCUT2D eigenvalue weighted by Gasteiger charge is -2.35. The lowest BCUT2D eigenvalue weighted by molar-refractivity contribution is -0.126. The monoisotopic (exact) mass is 347 g/mol. The Morgan fingerprint density at radius 3 is 2.80 bits per heavy atom. The van der Waals surface area contributed by atoms with Gasteiger partial charge in [0.05, 0.1) is 25.8 Å². The zero-order valence-corrected chi connectivity index (χ0v) is 14.1. The molecule has 0 saturated heterocycles. The molecule has 2 aromatic rings. The van der Waals surface area contributed by atoms with Crippen LogP contribution in [0.25, 0.3) is 0 Å². The number of likely N-dealkylation sites (N-methyl/N-ethyl adjacent to an activating group) is 1. The summed E-state index contributed by atoms with van der Waals surface area (Å²) < 4.78 is 21.2. The molecule has 1 aromatic carbocycles. The zero-order chi connectivity index (χ0) is 18.1. The van der Waals surface area contributed by atoms with E-state index in [4.69, 9.17) is 4.74 Å². The Labute approximate surface area is 143 Å². The Balaban J connectivity index is 2.01. The fourth-order valence-electron chi connectivity index (χ4n) is 2.91. The highest BCUT2D eigenvalue weighted by Gasteiger charge is 2.37. The van der Waals surface area contributed by atoms with Crippen LogP contribution >= 0.6 is 0 Å². The summed E-state index contributed by atoms with van der Waals surface area (Å²) in [6.45, 7) is 2.05. The second-order valence-corrected chi connectivity index (χ2v) is 5.66. The molecule has 1 aliphatic heterocycles. The van der Waals surface area contributed by atoms with E-state index in [1.165, 1.54) is 37.3 Å². The number of nitrogens with one attached hydrogen (secondary N) is 1. The first-order valence-electron chi connectivity index (χ1n) is 7.71. The minimum atomic E-state index is -0.787. The van der Waals surface area contributed by atoms with Crippen molar-refractivity contribution in [2.24, 2.45) is 0 Å². The number of nitrogens with zero attached hydrogens (tertiary/aromatic N) is 4. The third-order valence-corrected chi connectivity index (χ3v) is 4.28. The van der Waals surface area contributed by atoms with Crippen LogP contribution in [0.3, 0.4) is 0 Å². The maximum absolute atomic E-state index is 14.5. The molecule has 8 nitrogen and oxygen atoms in total. The number of hydrogen-bond acceptors (Lipinski definition) is 5. The topological polar surface area (TPSA) is 89.4 Å². The molecule has 25 heavy (non-hydrogen) atoms. The first-order valence-corrected chi connectivity index (χ1v) is 7.71. The predicted octanol–water partition coefficient (Wildman–Crippen LogP) is 0.505. The molecule has 0 aliphatic carbocycles. The Hall–Kier alpha value is -2.97. The Morgan fingerprint density at radius 1 is 1.36 bits per heavy atom. The smallest absolute Gasteiger partial charge is 0.258 e. The van der Waals surface area contributed by atoms with Crippen LogP contribution in [-0.2, 0) is 17.9 Å². The van der Waals surface area contributed by atoms with Gasteiger partial charge >= 0.3 is 0 Å². The van der Waals surface area contributed by atoms with E-state index in [1.54, 1.807) is 11.5 Å². The second kappa shape index (κ2) is 6.50.